The minimum absolute atomic E-state index is 0.210. The van der Waals surface area contributed by atoms with Gasteiger partial charge in [-0.3, -0.25) is 4.98 Å². The van der Waals surface area contributed by atoms with Gasteiger partial charge in [-0.2, -0.15) is 0 Å². The first kappa shape index (κ1) is 15.4. The van der Waals surface area contributed by atoms with Crippen LogP contribution in [0.15, 0.2) is 18.3 Å². The first-order valence-corrected chi connectivity index (χ1v) is 8.77. The molecule has 1 aliphatic heterocycles. The van der Waals surface area contributed by atoms with E-state index in [1.54, 1.807) is 6.20 Å². The van der Waals surface area contributed by atoms with E-state index < -0.39 is 16.1 Å². The molecule has 1 saturated heterocycles. The number of aliphatic hydroxyl groups is 1. The minimum atomic E-state index is -3.12. The van der Waals surface area contributed by atoms with E-state index in [4.69, 9.17) is 0 Å². The molecule has 2 rings (SSSR count). The first-order valence-electron chi connectivity index (χ1n) is 6.92. The van der Waals surface area contributed by atoms with Gasteiger partial charge in [0.1, 0.15) is 0 Å². The lowest BCUT2D eigenvalue weighted by molar-refractivity contribution is 0.122. The van der Waals surface area contributed by atoms with E-state index in [1.807, 2.05) is 19.1 Å². The summed E-state index contributed by atoms with van der Waals surface area (Å²) in [5, 5.41) is 10.3. The van der Waals surface area contributed by atoms with Crippen LogP contribution in [0.2, 0.25) is 0 Å². The number of nitrogens with zero attached hydrogens (tertiary/aromatic N) is 2. The third-order valence-corrected chi connectivity index (χ3v) is 5.08. The molecule has 0 spiro atoms. The molecule has 1 aliphatic rings. The van der Waals surface area contributed by atoms with Gasteiger partial charge in [-0.05, 0) is 49.8 Å². The maximum Gasteiger partial charge on any atom is 0.211 e. The zero-order valence-electron chi connectivity index (χ0n) is 12.0. The third kappa shape index (κ3) is 4.01. The van der Waals surface area contributed by atoms with Gasteiger partial charge in [-0.1, -0.05) is 0 Å². The summed E-state index contributed by atoms with van der Waals surface area (Å²) in [7, 11) is -3.12. The zero-order valence-corrected chi connectivity index (χ0v) is 12.8. The molecule has 1 N–H and O–H groups in total. The molecule has 1 fully saturated rings. The monoisotopic (exact) mass is 298 g/mol. The van der Waals surface area contributed by atoms with Crippen LogP contribution >= 0.6 is 0 Å². The summed E-state index contributed by atoms with van der Waals surface area (Å²) < 4.78 is 24.7. The van der Waals surface area contributed by atoms with E-state index in [0.29, 0.717) is 19.5 Å². The summed E-state index contributed by atoms with van der Waals surface area (Å²) in [5.41, 5.74) is 1.73. The number of pyridine rings is 1. The van der Waals surface area contributed by atoms with Crippen molar-refractivity contribution in [2.75, 3.05) is 19.3 Å². The highest BCUT2D eigenvalue weighted by Gasteiger charge is 2.27. The largest absolute Gasteiger partial charge is 0.388 e. The van der Waals surface area contributed by atoms with Crippen molar-refractivity contribution in [1.82, 2.24) is 9.29 Å². The van der Waals surface area contributed by atoms with Crippen LogP contribution in [0.25, 0.3) is 0 Å². The van der Waals surface area contributed by atoms with Gasteiger partial charge in [-0.15, -0.1) is 0 Å². The second-order valence-corrected chi connectivity index (χ2v) is 7.59. The molecule has 2 heterocycles. The average Bonchev–Trinajstić information content (AvgIpc) is 2.38. The van der Waals surface area contributed by atoms with Crippen molar-refractivity contribution >= 4 is 10.0 Å². The summed E-state index contributed by atoms with van der Waals surface area (Å²) in [6.45, 7) is 3.00. The van der Waals surface area contributed by atoms with Crippen LogP contribution in [0.4, 0.5) is 0 Å². The Morgan fingerprint density at radius 1 is 1.55 bits per heavy atom. The first-order chi connectivity index (χ1) is 9.36. The van der Waals surface area contributed by atoms with Crippen molar-refractivity contribution in [3.8, 4) is 0 Å². The number of sulfonamides is 1. The summed E-state index contributed by atoms with van der Waals surface area (Å²) in [4.78, 5) is 4.11. The van der Waals surface area contributed by atoms with Crippen molar-refractivity contribution in [2.45, 2.75) is 32.3 Å². The molecule has 2 atom stereocenters. The fourth-order valence-corrected chi connectivity index (χ4v) is 3.69. The van der Waals surface area contributed by atoms with Crippen molar-refractivity contribution in [3.63, 3.8) is 0 Å². The number of aryl methyl sites for hydroxylation is 1. The van der Waals surface area contributed by atoms with Gasteiger partial charge in [0.15, 0.2) is 0 Å². The number of hydrogen-bond acceptors (Lipinski definition) is 4. The Kier molecular flexibility index (Phi) is 4.78. The van der Waals surface area contributed by atoms with Gasteiger partial charge >= 0.3 is 0 Å². The highest BCUT2D eigenvalue weighted by atomic mass is 32.2. The molecule has 1 aromatic rings. The minimum Gasteiger partial charge on any atom is -0.388 e. The fourth-order valence-electron chi connectivity index (χ4n) is 2.75. The van der Waals surface area contributed by atoms with Crippen LogP contribution < -0.4 is 0 Å². The van der Waals surface area contributed by atoms with Crippen molar-refractivity contribution in [3.05, 3.63) is 29.6 Å². The zero-order chi connectivity index (χ0) is 14.8. The maximum atomic E-state index is 11.6. The molecule has 112 valence electrons. The maximum absolute atomic E-state index is 11.6. The summed E-state index contributed by atoms with van der Waals surface area (Å²) in [5.74, 6) is 0.210. The molecule has 0 bridgehead atoms. The molecular weight excluding hydrogens is 276 g/mol. The van der Waals surface area contributed by atoms with Crippen LogP contribution in [0.5, 0.6) is 0 Å². The van der Waals surface area contributed by atoms with Gasteiger partial charge in [0, 0.05) is 25.0 Å². The lowest BCUT2D eigenvalue weighted by Crippen LogP contribution is -2.39. The van der Waals surface area contributed by atoms with E-state index in [0.717, 1.165) is 24.1 Å². The molecule has 0 amide bonds. The second-order valence-electron chi connectivity index (χ2n) is 5.61. The quantitative estimate of drug-likeness (QED) is 0.914. The van der Waals surface area contributed by atoms with Crippen LogP contribution in [-0.2, 0) is 10.0 Å². The molecule has 5 nitrogen and oxygen atoms in total. The van der Waals surface area contributed by atoms with Gasteiger partial charge in [0.2, 0.25) is 10.0 Å². The van der Waals surface area contributed by atoms with Gasteiger partial charge in [0.05, 0.1) is 12.4 Å². The van der Waals surface area contributed by atoms with E-state index >= 15 is 0 Å². The Morgan fingerprint density at radius 3 is 2.95 bits per heavy atom. The smallest absolute Gasteiger partial charge is 0.211 e. The van der Waals surface area contributed by atoms with Gasteiger partial charge in [-0.25, -0.2) is 12.7 Å². The fraction of sp³-hybridized carbons (Fsp3) is 0.643. The number of piperidine rings is 1. The van der Waals surface area contributed by atoms with Crippen LogP contribution in [0.3, 0.4) is 0 Å². The van der Waals surface area contributed by atoms with Gasteiger partial charge in [0.25, 0.3) is 0 Å². The Labute approximate surface area is 120 Å². The highest BCUT2D eigenvalue weighted by Crippen LogP contribution is 2.28. The third-order valence-electron chi connectivity index (χ3n) is 3.81. The molecule has 0 saturated carbocycles. The summed E-state index contributed by atoms with van der Waals surface area (Å²) in [6.07, 6.45) is 4.80. The molecule has 0 aliphatic carbocycles. The van der Waals surface area contributed by atoms with E-state index in [-0.39, 0.29) is 5.92 Å². The number of hydrogen-bond donors (Lipinski definition) is 1. The molecule has 0 aromatic carbocycles. The average molecular weight is 298 g/mol. The van der Waals surface area contributed by atoms with Crippen molar-refractivity contribution in [2.24, 2.45) is 5.92 Å². The molecule has 20 heavy (non-hydrogen) atoms. The van der Waals surface area contributed by atoms with Crippen molar-refractivity contribution in [1.29, 1.82) is 0 Å². The molecule has 0 radical (unpaired) electrons. The van der Waals surface area contributed by atoms with E-state index in [2.05, 4.69) is 4.98 Å². The van der Waals surface area contributed by atoms with Crippen molar-refractivity contribution < 1.29 is 13.5 Å². The summed E-state index contributed by atoms with van der Waals surface area (Å²) in [6, 6.07) is 3.69. The molecule has 2 unspecified atom stereocenters. The lowest BCUT2D eigenvalue weighted by Gasteiger charge is -2.32. The standard InChI is InChI=1S/C14H22N2O3S/c1-11-8-13(5-6-15-11)14(17)9-12-4-3-7-16(10-12)20(2,18)19/h5-6,8,12,14,17H,3-4,7,9-10H2,1-2H3. The van der Waals surface area contributed by atoms with Crippen LogP contribution in [0, 0.1) is 12.8 Å². The normalized spacial score (nSPS) is 22.6. The number of aromatic nitrogens is 1. The number of aliphatic hydroxyl groups excluding tert-OH is 1. The van der Waals surface area contributed by atoms with Crippen LogP contribution in [-0.4, -0.2) is 42.2 Å². The van der Waals surface area contributed by atoms with E-state index in [1.165, 1.54) is 10.6 Å². The Balaban J connectivity index is 1.99. The summed E-state index contributed by atoms with van der Waals surface area (Å²) >= 11 is 0. The topological polar surface area (TPSA) is 70.5 Å². The molecule has 1 aromatic heterocycles. The van der Waals surface area contributed by atoms with Gasteiger partial charge < -0.3 is 5.11 Å². The molecule has 6 heteroatoms. The van der Waals surface area contributed by atoms with Crippen LogP contribution in [0.1, 0.15) is 36.6 Å². The SMILES string of the molecule is Cc1cc(C(O)CC2CCCN(S(C)(=O)=O)C2)ccn1. The Bertz CT molecular complexity index is 559. The molecular formula is C14H22N2O3S. The predicted octanol–water partition coefficient (Wildman–Crippen LogP) is 1.49. The van der Waals surface area contributed by atoms with E-state index in [9.17, 15) is 13.5 Å². The number of rotatable bonds is 4. The predicted molar refractivity (Wildman–Crippen MR) is 77.7 cm³/mol. The lowest BCUT2D eigenvalue weighted by atomic mass is 9.91. The Morgan fingerprint density at radius 2 is 2.30 bits per heavy atom. The Hall–Kier alpha value is -0.980. The second kappa shape index (κ2) is 6.20. The highest BCUT2D eigenvalue weighted by molar-refractivity contribution is 7.88.